The first-order valence-corrected chi connectivity index (χ1v) is 7.87. The van der Waals surface area contributed by atoms with Crippen molar-refractivity contribution < 1.29 is 5.11 Å². The summed E-state index contributed by atoms with van der Waals surface area (Å²) in [6.07, 6.45) is 2.56. The Bertz CT molecular complexity index is 127. The predicted molar refractivity (Wildman–Crippen MR) is 77.8 cm³/mol. The van der Waals surface area contributed by atoms with Crippen molar-refractivity contribution >= 4 is 24.4 Å². The van der Waals surface area contributed by atoms with Gasteiger partial charge in [0.2, 0.25) is 0 Å². The number of unbranched alkanes of at least 4 members (excludes halogenated alkanes) is 1. The summed E-state index contributed by atoms with van der Waals surface area (Å²) in [6, 6.07) is 0.355. The van der Waals surface area contributed by atoms with E-state index in [1.807, 2.05) is 11.8 Å². The average Bonchev–Trinajstić information content (AvgIpc) is 2.36. The molecule has 5 heteroatoms. The molecule has 3 nitrogen and oxygen atoms in total. The molecule has 0 aliphatic carbocycles. The molecule has 0 aromatic heterocycles. The first-order chi connectivity index (χ1) is 7.85. The summed E-state index contributed by atoms with van der Waals surface area (Å²) >= 11 is 5.97. The summed E-state index contributed by atoms with van der Waals surface area (Å²) in [7, 11) is 0. The molecule has 98 valence electrons. The van der Waals surface area contributed by atoms with Gasteiger partial charge in [-0.05, 0) is 13.0 Å². The number of hydrogen-bond acceptors (Lipinski definition) is 5. The zero-order valence-electron chi connectivity index (χ0n) is 10.2. The maximum atomic E-state index is 8.62. The molecule has 1 fully saturated rings. The number of thioether (sulfide) groups is 1. The second kappa shape index (κ2) is 13.6. The number of hydrogen-bond donors (Lipinski definition) is 4. The summed E-state index contributed by atoms with van der Waals surface area (Å²) in [6.45, 7) is 5.73. The molecular formula is C11H26N2OS2. The SMILES string of the molecule is CCCCNCCS.OCC1CSCCN1. The Hall–Kier alpha value is 0.580. The predicted octanol–water partition coefficient (Wildman–Crippen LogP) is 0.990. The van der Waals surface area contributed by atoms with Gasteiger partial charge in [0.05, 0.1) is 6.61 Å². The maximum Gasteiger partial charge on any atom is 0.0592 e. The van der Waals surface area contributed by atoms with Crippen molar-refractivity contribution in [2.75, 3.05) is 43.5 Å². The van der Waals surface area contributed by atoms with E-state index in [1.165, 1.54) is 18.6 Å². The van der Waals surface area contributed by atoms with Crippen LogP contribution in [0.2, 0.25) is 0 Å². The van der Waals surface area contributed by atoms with Crippen LogP contribution in [-0.4, -0.2) is 54.6 Å². The molecule has 1 aliphatic rings. The van der Waals surface area contributed by atoms with Crippen LogP contribution in [0.3, 0.4) is 0 Å². The minimum atomic E-state index is 0.285. The van der Waals surface area contributed by atoms with Gasteiger partial charge in [-0.25, -0.2) is 0 Å². The fourth-order valence-corrected chi connectivity index (χ4v) is 2.34. The molecule has 1 aliphatic heterocycles. The van der Waals surface area contributed by atoms with E-state index in [1.54, 1.807) is 0 Å². The molecule has 1 unspecified atom stereocenters. The molecule has 16 heavy (non-hydrogen) atoms. The summed E-state index contributed by atoms with van der Waals surface area (Å²) in [5.41, 5.74) is 0. The van der Waals surface area contributed by atoms with Gasteiger partial charge in [-0.2, -0.15) is 24.4 Å². The van der Waals surface area contributed by atoms with Crippen LogP contribution in [-0.2, 0) is 0 Å². The quantitative estimate of drug-likeness (QED) is 0.428. The van der Waals surface area contributed by atoms with Gasteiger partial charge < -0.3 is 15.7 Å². The van der Waals surface area contributed by atoms with Gasteiger partial charge in [0.25, 0.3) is 0 Å². The van der Waals surface area contributed by atoms with Crippen molar-refractivity contribution in [3.05, 3.63) is 0 Å². The van der Waals surface area contributed by atoms with E-state index >= 15 is 0 Å². The zero-order chi connectivity index (χ0) is 12.1. The third kappa shape index (κ3) is 11.1. The Labute approximate surface area is 110 Å². The molecule has 0 amide bonds. The van der Waals surface area contributed by atoms with E-state index in [2.05, 4.69) is 30.2 Å². The van der Waals surface area contributed by atoms with Crippen LogP contribution >= 0.6 is 24.4 Å². The Balaban J connectivity index is 0.000000281. The second-order valence-electron chi connectivity index (χ2n) is 3.74. The van der Waals surface area contributed by atoms with Crippen molar-refractivity contribution in [1.82, 2.24) is 10.6 Å². The summed E-state index contributed by atoms with van der Waals surface area (Å²) in [4.78, 5) is 0. The molecule has 3 N–H and O–H groups in total. The molecule has 1 atom stereocenters. The Morgan fingerprint density at radius 2 is 2.31 bits per heavy atom. The molecule has 0 aromatic carbocycles. The van der Waals surface area contributed by atoms with Crippen LogP contribution in [0.25, 0.3) is 0 Å². The minimum absolute atomic E-state index is 0.285. The van der Waals surface area contributed by atoms with E-state index in [4.69, 9.17) is 5.11 Å². The molecule has 1 rings (SSSR count). The first-order valence-electron chi connectivity index (χ1n) is 6.08. The van der Waals surface area contributed by atoms with Crippen LogP contribution in [0.15, 0.2) is 0 Å². The number of thiol groups is 1. The van der Waals surface area contributed by atoms with Gasteiger partial charge in [-0.3, -0.25) is 0 Å². The lowest BCUT2D eigenvalue weighted by Crippen LogP contribution is -2.39. The van der Waals surface area contributed by atoms with Crippen LogP contribution < -0.4 is 10.6 Å². The van der Waals surface area contributed by atoms with Crippen LogP contribution in [0.4, 0.5) is 0 Å². The van der Waals surface area contributed by atoms with Crippen LogP contribution in [0.1, 0.15) is 19.8 Å². The van der Waals surface area contributed by atoms with E-state index < -0.39 is 0 Å². The molecular weight excluding hydrogens is 240 g/mol. The topological polar surface area (TPSA) is 44.3 Å². The normalized spacial score (nSPS) is 20.1. The summed E-state index contributed by atoms with van der Waals surface area (Å²) < 4.78 is 0. The molecule has 0 bridgehead atoms. The van der Waals surface area contributed by atoms with Crippen LogP contribution in [0, 0.1) is 0 Å². The highest BCUT2D eigenvalue weighted by Crippen LogP contribution is 2.05. The Morgan fingerprint density at radius 1 is 1.50 bits per heavy atom. The van der Waals surface area contributed by atoms with Gasteiger partial charge in [-0.1, -0.05) is 13.3 Å². The van der Waals surface area contributed by atoms with Crippen LogP contribution in [0.5, 0.6) is 0 Å². The number of aliphatic hydroxyl groups excluding tert-OH is 1. The fourth-order valence-electron chi connectivity index (χ4n) is 1.24. The van der Waals surface area contributed by atoms with Gasteiger partial charge in [0.15, 0.2) is 0 Å². The fraction of sp³-hybridized carbons (Fsp3) is 1.00. The van der Waals surface area contributed by atoms with Crippen molar-refractivity contribution in [3.8, 4) is 0 Å². The lowest BCUT2D eigenvalue weighted by atomic mass is 10.3. The highest BCUT2D eigenvalue weighted by Gasteiger charge is 2.09. The minimum Gasteiger partial charge on any atom is -0.395 e. The molecule has 0 aromatic rings. The van der Waals surface area contributed by atoms with Gasteiger partial charge in [0, 0.05) is 36.4 Å². The van der Waals surface area contributed by atoms with Crippen molar-refractivity contribution in [1.29, 1.82) is 0 Å². The number of nitrogens with one attached hydrogen (secondary N) is 2. The van der Waals surface area contributed by atoms with E-state index in [-0.39, 0.29) is 6.61 Å². The van der Waals surface area contributed by atoms with Gasteiger partial charge in [0.1, 0.15) is 0 Å². The third-order valence-corrected chi connectivity index (χ3v) is 3.57. The Kier molecular flexibility index (Phi) is 14.1. The Morgan fingerprint density at radius 3 is 2.75 bits per heavy atom. The number of rotatable bonds is 6. The monoisotopic (exact) mass is 266 g/mol. The van der Waals surface area contributed by atoms with Crippen molar-refractivity contribution in [2.45, 2.75) is 25.8 Å². The number of aliphatic hydroxyl groups is 1. The lowest BCUT2D eigenvalue weighted by Gasteiger charge is -2.20. The van der Waals surface area contributed by atoms with E-state index in [0.29, 0.717) is 6.04 Å². The molecule has 0 saturated carbocycles. The molecule has 0 spiro atoms. The standard InChI is InChI=1S/C6H15NS.C5H11NOS/c1-2-3-4-7-5-6-8;7-3-5-4-8-2-1-6-5/h7-8H,2-6H2,1H3;5-7H,1-4H2. The summed E-state index contributed by atoms with van der Waals surface area (Å²) in [5.74, 6) is 3.21. The van der Waals surface area contributed by atoms with Gasteiger partial charge in [-0.15, -0.1) is 0 Å². The maximum absolute atomic E-state index is 8.62. The molecule has 1 heterocycles. The zero-order valence-corrected chi connectivity index (χ0v) is 12.0. The van der Waals surface area contributed by atoms with E-state index in [0.717, 1.165) is 31.1 Å². The van der Waals surface area contributed by atoms with Gasteiger partial charge >= 0.3 is 0 Å². The lowest BCUT2D eigenvalue weighted by molar-refractivity contribution is 0.254. The van der Waals surface area contributed by atoms with E-state index in [9.17, 15) is 0 Å². The highest BCUT2D eigenvalue weighted by atomic mass is 32.2. The van der Waals surface area contributed by atoms with Crippen molar-refractivity contribution in [2.24, 2.45) is 0 Å². The highest BCUT2D eigenvalue weighted by molar-refractivity contribution is 7.99. The third-order valence-electron chi connectivity index (χ3n) is 2.21. The average molecular weight is 266 g/mol. The molecule has 0 radical (unpaired) electrons. The second-order valence-corrected chi connectivity index (χ2v) is 5.33. The van der Waals surface area contributed by atoms with Crippen molar-refractivity contribution in [3.63, 3.8) is 0 Å². The smallest absolute Gasteiger partial charge is 0.0592 e. The largest absolute Gasteiger partial charge is 0.395 e. The molecule has 1 saturated heterocycles. The first kappa shape index (κ1) is 16.6. The summed E-state index contributed by atoms with van der Waals surface area (Å²) in [5, 5.41) is 15.1.